The third-order valence-corrected chi connectivity index (χ3v) is 4.23. The third kappa shape index (κ3) is 4.24. The Morgan fingerprint density at radius 2 is 1.96 bits per heavy atom. The molecule has 0 saturated carbocycles. The lowest BCUT2D eigenvalue weighted by molar-refractivity contribution is -0.114. The normalized spacial score (nSPS) is 15.0. The maximum Gasteiger partial charge on any atom is 0.256 e. The van der Waals surface area contributed by atoms with Crippen molar-refractivity contribution in [2.24, 2.45) is 0 Å². The highest BCUT2D eigenvalue weighted by atomic mass is 16.5. The topological polar surface area (TPSA) is 85.2 Å². The standard InChI is InChI=1S/C18H22N4O3/c1-12-3-4-14(11-16(12)19-13(2)23)18(24)20-17-5-8-22(21-17)15-6-9-25-10-7-15/h3-5,8,11,15H,6-7,9-10H2,1-2H3,(H,19,23)(H,20,21,24). The first-order valence-corrected chi connectivity index (χ1v) is 8.35. The third-order valence-electron chi connectivity index (χ3n) is 4.23. The molecule has 2 N–H and O–H groups in total. The number of carbonyl (C=O) groups excluding carboxylic acids is 2. The molecule has 2 heterocycles. The minimum absolute atomic E-state index is 0.170. The number of rotatable bonds is 4. The summed E-state index contributed by atoms with van der Waals surface area (Å²) < 4.78 is 7.24. The number of benzene rings is 1. The fraction of sp³-hybridized carbons (Fsp3) is 0.389. The van der Waals surface area contributed by atoms with Crippen LogP contribution in [0.1, 0.15) is 41.7 Å². The molecule has 1 fully saturated rings. The van der Waals surface area contributed by atoms with Crippen LogP contribution in [0, 0.1) is 6.92 Å². The fourth-order valence-electron chi connectivity index (χ4n) is 2.83. The number of ether oxygens (including phenoxy) is 1. The Morgan fingerprint density at radius 1 is 1.20 bits per heavy atom. The highest BCUT2D eigenvalue weighted by molar-refractivity contribution is 6.05. The van der Waals surface area contributed by atoms with Crippen molar-refractivity contribution in [1.29, 1.82) is 0 Å². The largest absolute Gasteiger partial charge is 0.381 e. The van der Waals surface area contributed by atoms with Crippen molar-refractivity contribution in [1.82, 2.24) is 9.78 Å². The second-order valence-corrected chi connectivity index (χ2v) is 6.19. The maximum atomic E-state index is 12.5. The molecule has 0 radical (unpaired) electrons. The van der Waals surface area contributed by atoms with Crippen LogP contribution in [0.4, 0.5) is 11.5 Å². The Hall–Kier alpha value is -2.67. The van der Waals surface area contributed by atoms with Gasteiger partial charge in [0.1, 0.15) is 0 Å². The van der Waals surface area contributed by atoms with Gasteiger partial charge in [0, 0.05) is 43.7 Å². The summed E-state index contributed by atoms with van der Waals surface area (Å²) >= 11 is 0. The van der Waals surface area contributed by atoms with E-state index in [1.807, 2.05) is 17.8 Å². The van der Waals surface area contributed by atoms with Crippen LogP contribution in [-0.2, 0) is 9.53 Å². The van der Waals surface area contributed by atoms with E-state index in [9.17, 15) is 9.59 Å². The van der Waals surface area contributed by atoms with Crippen molar-refractivity contribution in [3.63, 3.8) is 0 Å². The Morgan fingerprint density at radius 3 is 2.68 bits per heavy atom. The molecule has 0 bridgehead atoms. The van der Waals surface area contributed by atoms with E-state index in [4.69, 9.17) is 4.74 Å². The first-order valence-electron chi connectivity index (χ1n) is 8.35. The van der Waals surface area contributed by atoms with Crippen LogP contribution in [0.2, 0.25) is 0 Å². The highest BCUT2D eigenvalue weighted by Crippen LogP contribution is 2.22. The van der Waals surface area contributed by atoms with E-state index in [-0.39, 0.29) is 11.8 Å². The molecule has 0 aliphatic carbocycles. The van der Waals surface area contributed by atoms with Crippen LogP contribution in [-0.4, -0.2) is 34.8 Å². The number of aryl methyl sites for hydroxylation is 1. The zero-order chi connectivity index (χ0) is 17.8. The van der Waals surface area contributed by atoms with E-state index in [2.05, 4.69) is 15.7 Å². The van der Waals surface area contributed by atoms with Crippen molar-refractivity contribution in [2.45, 2.75) is 32.7 Å². The smallest absolute Gasteiger partial charge is 0.256 e. The quantitative estimate of drug-likeness (QED) is 0.895. The molecule has 3 rings (SSSR count). The van der Waals surface area contributed by atoms with Gasteiger partial charge in [0.2, 0.25) is 5.91 Å². The SMILES string of the molecule is CC(=O)Nc1cc(C(=O)Nc2ccn(C3CCOCC3)n2)ccc1C. The van der Waals surface area contributed by atoms with Gasteiger partial charge in [-0.15, -0.1) is 0 Å². The number of aromatic nitrogens is 2. The average molecular weight is 342 g/mol. The summed E-state index contributed by atoms with van der Waals surface area (Å²) in [6.07, 6.45) is 3.73. The second kappa shape index (κ2) is 7.48. The molecule has 2 aromatic rings. The van der Waals surface area contributed by atoms with Gasteiger partial charge in [-0.1, -0.05) is 6.07 Å². The summed E-state index contributed by atoms with van der Waals surface area (Å²) in [7, 11) is 0. The predicted molar refractivity (Wildman–Crippen MR) is 94.8 cm³/mol. The van der Waals surface area contributed by atoms with E-state index >= 15 is 0 Å². The van der Waals surface area contributed by atoms with Crippen LogP contribution in [0.3, 0.4) is 0 Å². The van der Waals surface area contributed by atoms with Gasteiger partial charge in [-0.25, -0.2) is 0 Å². The number of hydrogen-bond donors (Lipinski definition) is 2. The van der Waals surface area contributed by atoms with Crippen molar-refractivity contribution in [2.75, 3.05) is 23.8 Å². The number of nitrogens with one attached hydrogen (secondary N) is 2. The lowest BCUT2D eigenvalue weighted by atomic mass is 10.1. The maximum absolute atomic E-state index is 12.5. The lowest BCUT2D eigenvalue weighted by Crippen LogP contribution is -2.20. The van der Waals surface area contributed by atoms with Gasteiger partial charge in [-0.3, -0.25) is 14.3 Å². The van der Waals surface area contributed by atoms with Gasteiger partial charge in [0.25, 0.3) is 5.91 Å². The summed E-state index contributed by atoms with van der Waals surface area (Å²) in [5.41, 5.74) is 2.00. The first kappa shape index (κ1) is 17.2. The Kier molecular flexibility index (Phi) is 5.14. The molecule has 2 amide bonds. The predicted octanol–water partition coefficient (Wildman–Crippen LogP) is 2.75. The molecule has 1 aliphatic rings. The van der Waals surface area contributed by atoms with Crippen LogP contribution in [0.15, 0.2) is 30.5 Å². The van der Waals surface area contributed by atoms with E-state index in [1.165, 1.54) is 6.92 Å². The number of hydrogen-bond acceptors (Lipinski definition) is 4. The van der Waals surface area contributed by atoms with Crippen LogP contribution < -0.4 is 10.6 Å². The molecule has 7 nitrogen and oxygen atoms in total. The summed E-state index contributed by atoms with van der Waals surface area (Å²) in [6, 6.07) is 7.30. The van der Waals surface area contributed by atoms with E-state index < -0.39 is 0 Å². The summed E-state index contributed by atoms with van der Waals surface area (Å²) in [6.45, 7) is 4.79. The molecular formula is C18H22N4O3. The zero-order valence-corrected chi connectivity index (χ0v) is 14.4. The zero-order valence-electron chi connectivity index (χ0n) is 14.4. The van der Waals surface area contributed by atoms with Gasteiger partial charge in [0.15, 0.2) is 5.82 Å². The van der Waals surface area contributed by atoms with Crippen LogP contribution in [0.5, 0.6) is 0 Å². The molecule has 1 aromatic carbocycles. The van der Waals surface area contributed by atoms with Gasteiger partial charge in [-0.2, -0.15) is 5.10 Å². The average Bonchev–Trinajstić information content (AvgIpc) is 3.05. The molecule has 25 heavy (non-hydrogen) atoms. The Balaban J connectivity index is 1.70. The summed E-state index contributed by atoms with van der Waals surface area (Å²) in [4.78, 5) is 23.7. The van der Waals surface area contributed by atoms with E-state index in [1.54, 1.807) is 24.3 Å². The molecule has 1 aliphatic heterocycles. The van der Waals surface area contributed by atoms with Gasteiger partial charge in [0.05, 0.1) is 6.04 Å². The van der Waals surface area contributed by atoms with Gasteiger partial charge in [-0.05, 0) is 37.5 Å². The van der Waals surface area contributed by atoms with Crippen molar-refractivity contribution < 1.29 is 14.3 Å². The molecule has 7 heteroatoms. The van der Waals surface area contributed by atoms with Crippen molar-refractivity contribution >= 4 is 23.3 Å². The van der Waals surface area contributed by atoms with Gasteiger partial charge >= 0.3 is 0 Å². The molecule has 0 spiro atoms. The van der Waals surface area contributed by atoms with E-state index in [0.717, 1.165) is 31.6 Å². The van der Waals surface area contributed by atoms with Crippen LogP contribution >= 0.6 is 0 Å². The number of anilines is 2. The highest BCUT2D eigenvalue weighted by Gasteiger charge is 2.17. The molecular weight excluding hydrogens is 320 g/mol. The second-order valence-electron chi connectivity index (χ2n) is 6.19. The summed E-state index contributed by atoms with van der Waals surface area (Å²) in [5, 5.41) is 9.98. The minimum Gasteiger partial charge on any atom is -0.381 e. The fourth-order valence-corrected chi connectivity index (χ4v) is 2.83. The Labute approximate surface area is 146 Å². The number of nitrogens with zero attached hydrogens (tertiary/aromatic N) is 2. The number of amides is 2. The monoisotopic (exact) mass is 342 g/mol. The molecule has 0 atom stereocenters. The Bertz CT molecular complexity index is 778. The van der Waals surface area contributed by atoms with Crippen molar-refractivity contribution in [3.8, 4) is 0 Å². The molecule has 132 valence electrons. The lowest BCUT2D eigenvalue weighted by Gasteiger charge is -2.22. The van der Waals surface area contributed by atoms with Gasteiger partial charge < -0.3 is 15.4 Å². The van der Waals surface area contributed by atoms with E-state index in [0.29, 0.717) is 23.1 Å². The molecule has 1 saturated heterocycles. The number of carbonyl (C=O) groups is 2. The van der Waals surface area contributed by atoms with Crippen molar-refractivity contribution in [3.05, 3.63) is 41.6 Å². The summed E-state index contributed by atoms with van der Waals surface area (Å²) in [5.74, 6) is 0.0813. The minimum atomic E-state index is -0.260. The molecule has 1 aromatic heterocycles. The first-order chi connectivity index (χ1) is 12.0. The molecule has 0 unspecified atom stereocenters. The van der Waals surface area contributed by atoms with Crippen LogP contribution in [0.25, 0.3) is 0 Å².